The highest BCUT2D eigenvalue weighted by molar-refractivity contribution is 8.10. The van der Waals surface area contributed by atoms with Crippen LogP contribution in [0.4, 0.5) is 0 Å². The van der Waals surface area contributed by atoms with Crippen LogP contribution in [-0.4, -0.2) is 79.5 Å². The number of benzene rings is 2. The Labute approximate surface area is 292 Å². The third-order valence-electron chi connectivity index (χ3n) is 8.74. The van der Waals surface area contributed by atoms with Gasteiger partial charge in [0.25, 0.3) is 6.01 Å². The maximum absolute atomic E-state index is 13.4. The number of unbranched alkanes of at least 4 members (excludes halogenated alkanes) is 2. The molecule has 1 saturated heterocycles. The molecule has 3 atom stereocenters. The van der Waals surface area contributed by atoms with Crippen LogP contribution in [0.1, 0.15) is 56.4 Å². The van der Waals surface area contributed by atoms with Crippen molar-refractivity contribution < 1.29 is 47.9 Å². The molecule has 0 radical (unpaired) electrons. The van der Waals surface area contributed by atoms with Gasteiger partial charge in [0, 0.05) is 18.1 Å². The zero-order valence-corrected chi connectivity index (χ0v) is 30.8. The molecule has 0 saturated carbocycles. The first-order chi connectivity index (χ1) is 23.5. The van der Waals surface area contributed by atoms with Crippen LogP contribution in [0.3, 0.4) is 0 Å². The first kappa shape index (κ1) is 36.4. The summed E-state index contributed by atoms with van der Waals surface area (Å²) in [6.07, 6.45) is 6.08. The number of H-pyrrole nitrogens is 1. The number of thioether (sulfide) groups is 1. The first-order valence-electron chi connectivity index (χ1n) is 16.6. The molecule has 266 valence electrons. The predicted octanol–water partition coefficient (Wildman–Crippen LogP) is 6.32. The van der Waals surface area contributed by atoms with Gasteiger partial charge in [0.15, 0.2) is 24.9 Å². The van der Waals surface area contributed by atoms with E-state index in [1.807, 2.05) is 6.07 Å². The van der Waals surface area contributed by atoms with E-state index in [4.69, 9.17) is 33.2 Å². The molecule has 14 heteroatoms. The molecule has 0 aliphatic carbocycles. The average Bonchev–Trinajstić information content (AvgIpc) is 3.35. The molecule has 0 amide bonds. The smallest absolute Gasteiger partial charge is 0.344 e. The molecular weight excluding hydrogens is 669 g/mol. The number of carboxylic acids is 1. The minimum absolute atomic E-state index is 0.00582. The van der Waals surface area contributed by atoms with E-state index in [0.29, 0.717) is 28.5 Å². The predicted molar refractivity (Wildman–Crippen MR) is 187 cm³/mol. The van der Waals surface area contributed by atoms with Crippen molar-refractivity contribution in [1.82, 2.24) is 9.97 Å². The summed E-state index contributed by atoms with van der Waals surface area (Å²) in [7, 11) is -0.102. The number of hydrogen-bond donors (Lipinski definition) is 2. The van der Waals surface area contributed by atoms with Crippen molar-refractivity contribution in [2.24, 2.45) is 0 Å². The van der Waals surface area contributed by atoms with Crippen LogP contribution >= 0.6 is 11.8 Å². The molecule has 3 unspecified atom stereocenters. The Bertz CT molecular complexity index is 1630. The fraction of sp³-hybridized carbons (Fsp3) is 0.514. The lowest BCUT2D eigenvalue weighted by Crippen LogP contribution is -2.41. The number of nitrogens with one attached hydrogen (secondary N) is 1. The van der Waals surface area contributed by atoms with Gasteiger partial charge < -0.3 is 43.2 Å². The lowest BCUT2D eigenvalue weighted by molar-refractivity contribution is -0.145. The Morgan fingerprint density at radius 2 is 1.88 bits per heavy atom. The van der Waals surface area contributed by atoms with E-state index < -0.39 is 29.5 Å². The van der Waals surface area contributed by atoms with Gasteiger partial charge in [-0.05, 0) is 43.2 Å². The minimum atomic E-state index is -1.62. The highest BCUT2D eigenvalue weighted by Gasteiger charge is 2.77. The van der Waals surface area contributed by atoms with Crippen molar-refractivity contribution in [3.05, 3.63) is 59.4 Å². The van der Waals surface area contributed by atoms with E-state index >= 15 is 0 Å². The highest BCUT2D eigenvalue weighted by Crippen LogP contribution is 2.75. The Hall–Kier alpha value is -3.88. The van der Waals surface area contributed by atoms with Crippen LogP contribution in [0.5, 0.6) is 29.0 Å². The fourth-order valence-corrected chi connectivity index (χ4v) is 9.45. The van der Waals surface area contributed by atoms with E-state index in [0.717, 1.165) is 31.2 Å². The van der Waals surface area contributed by atoms with Crippen LogP contribution in [0.25, 0.3) is 0 Å². The molecule has 0 spiro atoms. The molecule has 3 aromatic rings. The molecule has 49 heavy (non-hydrogen) atoms. The number of aromatic amines is 1. The highest BCUT2D eigenvalue weighted by atomic mass is 32.2. The summed E-state index contributed by atoms with van der Waals surface area (Å²) in [5.41, 5.74) is 1.88. The standard InChI is InChI=1S/C35H46N2O10SSi/c1-7-9-10-11-31(49(4,5)6)46-22-47-33-36-19-29(37-33)35(25-14-13-24(41-3)17-27(25)43-20-30(38)42-8-2)34(48-35,32(39)40)18-23-12-15-26-28(16-23)45-21-44-26/h12-17,19,31H,7-11,18,20-22H2,1-6H3,(H,36,37)(H,39,40). The molecule has 1 fully saturated rings. The maximum Gasteiger partial charge on any atom is 0.344 e. The van der Waals surface area contributed by atoms with E-state index in [1.165, 1.54) is 18.9 Å². The number of fused-ring (bicyclic) bond motifs is 1. The zero-order valence-electron chi connectivity index (χ0n) is 29.0. The second-order valence-electron chi connectivity index (χ2n) is 13.1. The Morgan fingerprint density at radius 3 is 2.59 bits per heavy atom. The van der Waals surface area contributed by atoms with Gasteiger partial charge in [-0.3, -0.25) is 4.79 Å². The molecule has 2 N–H and O–H groups in total. The number of aromatic nitrogens is 2. The molecule has 2 aliphatic heterocycles. The molecule has 5 rings (SSSR count). The normalized spacial score (nSPS) is 20.0. The summed E-state index contributed by atoms with van der Waals surface area (Å²) in [6, 6.07) is 10.8. The van der Waals surface area contributed by atoms with Crippen molar-refractivity contribution in [2.75, 3.05) is 33.9 Å². The molecule has 2 aliphatic rings. The van der Waals surface area contributed by atoms with Gasteiger partial charge in [-0.25, -0.2) is 9.78 Å². The number of rotatable bonds is 19. The van der Waals surface area contributed by atoms with Gasteiger partial charge in [-0.15, -0.1) is 11.8 Å². The summed E-state index contributed by atoms with van der Waals surface area (Å²) < 4.78 is 37.2. The van der Waals surface area contributed by atoms with E-state index in [-0.39, 0.29) is 50.7 Å². The molecule has 1 aromatic heterocycles. The van der Waals surface area contributed by atoms with Crippen molar-refractivity contribution in [2.45, 2.75) is 80.8 Å². The first-order valence-corrected chi connectivity index (χ1v) is 21.0. The second kappa shape index (κ2) is 15.3. The quantitative estimate of drug-likeness (QED) is 0.0471. The summed E-state index contributed by atoms with van der Waals surface area (Å²) in [5, 5.41) is 11.0. The molecule has 3 heterocycles. The number of carboxylic acid groups (broad SMARTS) is 1. The summed E-state index contributed by atoms with van der Waals surface area (Å²) in [5.74, 6) is 0.323. The monoisotopic (exact) mass is 714 g/mol. The van der Waals surface area contributed by atoms with Gasteiger partial charge >= 0.3 is 11.9 Å². The van der Waals surface area contributed by atoms with Crippen LogP contribution in [0, 0.1) is 0 Å². The summed E-state index contributed by atoms with van der Waals surface area (Å²) >= 11 is 1.24. The van der Waals surface area contributed by atoms with Gasteiger partial charge in [0.1, 0.15) is 21.0 Å². The third-order valence-corrected chi connectivity index (χ3v) is 13.0. The van der Waals surface area contributed by atoms with Gasteiger partial charge in [0.05, 0.1) is 39.4 Å². The minimum Gasteiger partial charge on any atom is -0.497 e. The Morgan fingerprint density at radius 1 is 1.08 bits per heavy atom. The zero-order chi connectivity index (χ0) is 35.2. The maximum atomic E-state index is 13.4. The number of aliphatic carboxylic acids is 1. The largest absolute Gasteiger partial charge is 0.497 e. The van der Waals surface area contributed by atoms with E-state index in [1.54, 1.807) is 43.5 Å². The average molecular weight is 715 g/mol. The third kappa shape index (κ3) is 7.81. The van der Waals surface area contributed by atoms with Crippen molar-refractivity contribution in [1.29, 1.82) is 0 Å². The van der Waals surface area contributed by atoms with Crippen LogP contribution in [0.2, 0.25) is 19.6 Å². The number of carbonyl (C=O) groups excluding carboxylic acids is 1. The lowest BCUT2D eigenvalue weighted by atomic mass is 9.79. The van der Waals surface area contributed by atoms with Gasteiger partial charge in [-0.2, -0.15) is 0 Å². The second-order valence-corrected chi connectivity index (χ2v) is 20.0. The lowest BCUT2D eigenvalue weighted by Gasteiger charge is -2.28. The number of imidazole rings is 1. The Kier molecular flexibility index (Phi) is 11.4. The molecule has 2 aromatic carbocycles. The molecular formula is C35H46N2O10SSi. The Balaban J connectivity index is 1.50. The van der Waals surface area contributed by atoms with E-state index in [2.05, 4.69) is 36.5 Å². The fourth-order valence-electron chi connectivity index (χ4n) is 6.15. The topological polar surface area (TPSA) is 148 Å². The molecule has 0 bridgehead atoms. The number of carbonyl (C=O) groups is 2. The van der Waals surface area contributed by atoms with Gasteiger partial charge in [0.2, 0.25) is 6.79 Å². The van der Waals surface area contributed by atoms with Crippen LogP contribution < -0.4 is 23.7 Å². The molecule has 12 nitrogen and oxygen atoms in total. The number of nitrogens with zero attached hydrogens (tertiary/aromatic N) is 1. The van der Waals surface area contributed by atoms with Crippen LogP contribution in [-0.2, 0) is 30.2 Å². The summed E-state index contributed by atoms with van der Waals surface area (Å²) in [4.78, 5) is 33.5. The number of methoxy groups -OCH3 is 1. The number of esters is 1. The van der Waals surface area contributed by atoms with Crippen molar-refractivity contribution >= 4 is 31.8 Å². The summed E-state index contributed by atoms with van der Waals surface area (Å²) in [6.45, 7) is 10.7. The van der Waals surface area contributed by atoms with E-state index in [9.17, 15) is 14.7 Å². The number of hydrogen-bond acceptors (Lipinski definition) is 11. The van der Waals surface area contributed by atoms with Gasteiger partial charge in [-0.1, -0.05) is 51.9 Å². The van der Waals surface area contributed by atoms with Crippen LogP contribution in [0.15, 0.2) is 42.6 Å². The SMILES string of the molecule is CCCCCC(OCOc1ncc(C2(c3ccc(OC)cc3OCC(=O)OCC)SC2(Cc2ccc3c(c2)OCO3)C(=O)O)[nH]1)[Si](C)(C)C. The van der Waals surface area contributed by atoms with Crippen molar-refractivity contribution in [3.63, 3.8) is 0 Å². The number of ether oxygens (including phenoxy) is 7. The van der Waals surface area contributed by atoms with Crippen molar-refractivity contribution in [3.8, 4) is 29.0 Å².